The Morgan fingerprint density at radius 2 is 1.89 bits per heavy atom. The third kappa shape index (κ3) is 3.92. The molecule has 27 heavy (non-hydrogen) atoms. The van der Waals surface area contributed by atoms with Crippen LogP contribution >= 0.6 is 0 Å². The number of hydrogen-bond acceptors (Lipinski definition) is 4. The number of benzene rings is 1. The van der Waals surface area contributed by atoms with Gasteiger partial charge >= 0.3 is 0 Å². The number of aryl methyl sites for hydroxylation is 2. The fourth-order valence-electron chi connectivity index (χ4n) is 4.02. The summed E-state index contributed by atoms with van der Waals surface area (Å²) in [6.45, 7) is 6.76. The topological polar surface area (TPSA) is 56.6 Å². The van der Waals surface area contributed by atoms with Crippen LogP contribution in [0, 0.1) is 13.8 Å². The average Bonchev–Trinajstić information content (AvgIpc) is 3.32. The maximum atomic E-state index is 13.1. The highest BCUT2D eigenvalue weighted by Crippen LogP contribution is 2.26. The number of carbonyl (C=O) groups is 1. The van der Waals surface area contributed by atoms with E-state index in [4.69, 9.17) is 9.47 Å². The second-order valence-corrected chi connectivity index (χ2v) is 7.45. The average molecular weight is 369 g/mol. The number of rotatable bonds is 4. The molecular formula is C21H27N3O3. The molecule has 2 aromatic rings. The SMILES string of the molecule is Cc1cc(C)n(Cc2ccc(C(=O)N3CCCCC3C3OCCO3)cc2)n1. The molecule has 3 heterocycles. The van der Waals surface area contributed by atoms with Crippen LogP contribution < -0.4 is 0 Å². The van der Waals surface area contributed by atoms with Crippen LogP contribution in [-0.2, 0) is 16.0 Å². The van der Waals surface area contributed by atoms with E-state index < -0.39 is 0 Å². The van der Waals surface area contributed by atoms with Crippen molar-refractivity contribution in [2.75, 3.05) is 19.8 Å². The van der Waals surface area contributed by atoms with E-state index in [-0.39, 0.29) is 18.2 Å². The van der Waals surface area contributed by atoms with E-state index in [1.165, 1.54) is 0 Å². The molecule has 1 amide bonds. The maximum Gasteiger partial charge on any atom is 0.254 e. The number of likely N-dealkylation sites (tertiary alicyclic amines) is 1. The number of hydrogen-bond donors (Lipinski definition) is 0. The molecule has 0 bridgehead atoms. The highest BCUT2D eigenvalue weighted by molar-refractivity contribution is 5.94. The fraction of sp³-hybridized carbons (Fsp3) is 0.524. The van der Waals surface area contributed by atoms with Crippen molar-refractivity contribution in [3.05, 3.63) is 52.8 Å². The lowest BCUT2D eigenvalue weighted by molar-refractivity contribution is -0.100. The standard InChI is InChI=1S/C21H27N3O3/c1-15-13-16(2)24(22-15)14-17-6-8-18(9-7-17)20(25)23-10-4-3-5-19(23)21-26-11-12-27-21/h6-9,13,19,21H,3-5,10-12,14H2,1-2H3. The molecule has 0 radical (unpaired) electrons. The van der Waals surface area contributed by atoms with Crippen molar-refractivity contribution in [3.8, 4) is 0 Å². The molecule has 2 aliphatic rings. The van der Waals surface area contributed by atoms with Crippen molar-refractivity contribution < 1.29 is 14.3 Å². The van der Waals surface area contributed by atoms with E-state index in [0.717, 1.165) is 48.3 Å². The first-order chi connectivity index (χ1) is 13.1. The number of nitrogens with zero attached hydrogens (tertiary/aromatic N) is 3. The normalized spacial score (nSPS) is 21.0. The molecule has 6 nitrogen and oxygen atoms in total. The summed E-state index contributed by atoms with van der Waals surface area (Å²) in [7, 11) is 0. The molecule has 6 heteroatoms. The summed E-state index contributed by atoms with van der Waals surface area (Å²) in [4.78, 5) is 15.0. The van der Waals surface area contributed by atoms with Gasteiger partial charge in [-0.1, -0.05) is 12.1 Å². The first-order valence-corrected chi connectivity index (χ1v) is 9.76. The number of carbonyl (C=O) groups excluding carboxylic acids is 1. The lowest BCUT2D eigenvalue weighted by Gasteiger charge is -2.38. The van der Waals surface area contributed by atoms with Gasteiger partial charge in [0.15, 0.2) is 6.29 Å². The minimum atomic E-state index is -0.278. The summed E-state index contributed by atoms with van der Waals surface area (Å²) in [6, 6.07) is 9.97. The second-order valence-electron chi connectivity index (χ2n) is 7.45. The molecule has 0 N–H and O–H groups in total. The van der Waals surface area contributed by atoms with Gasteiger partial charge in [-0.05, 0) is 56.9 Å². The summed E-state index contributed by atoms with van der Waals surface area (Å²) < 4.78 is 13.4. The summed E-state index contributed by atoms with van der Waals surface area (Å²) >= 11 is 0. The van der Waals surface area contributed by atoms with E-state index in [0.29, 0.717) is 19.8 Å². The van der Waals surface area contributed by atoms with Crippen molar-refractivity contribution in [2.24, 2.45) is 0 Å². The van der Waals surface area contributed by atoms with Crippen molar-refractivity contribution >= 4 is 5.91 Å². The van der Waals surface area contributed by atoms with E-state index in [1.807, 2.05) is 40.8 Å². The molecule has 2 aliphatic heterocycles. The predicted molar refractivity (Wildman–Crippen MR) is 102 cm³/mol. The lowest BCUT2D eigenvalue weighted by Crippen LogP contribution is -2.50. The zero-order chi connectivity index (χ0) is 18.8. The minimum Gasteiger partial charge on any atom is -0.348 e. The summed E-state index contributed by atoms with van der Waals surface area (Å²) in [5, 5.41) is 4.50. The molecule has 0 spiro atoms. The van der Waals surface area contributed by atoms with Crippen LogP contribution in [0.3, 0.4) is 0 Å². The van der Waals surface area contributed by atoms with Gasteiger partial charge < -0.3 is 14.4 Å². The Balaban J connectivity index is 1.47. The molecule has 144 valence electrons. The third-order valence-corrected chi connectivity index (χ3v) is 5.41. The largest absolute Gasteiger partial charge is 0.348 e. The van der Waals surface area contributed by atoms with Crippen LogP contribution in [0.4, 0.5) is 0 Å². The van der Waals surface area contributed by atoms with Crippen molar-refractivity contribution in [3.63, 3.8) is 0 Å². The first kappa shape index (κ1) is 18.2. The monoisotopic (exact) mass is 369 g/mol. The van der Waals surface area contributed by atoms with Gasteiger partial charge in [0, 0.05) is 17.8 Å². The molecule has 1 atom stereocenters. The maximum absolute atomic E-state index is 13.1. The van der Waals surface area contributed by atoms with E-state index in [1.54, 1.807) is 0 Å². The van der Waals surface area contributed by atoms with Gasteiger partial charge in [-0.25, -0.2) is 0 Å². The van der Waals surface area contributed by atoms with Gasteiger partial charge in [-0.2, -0.15) is 5.10 Å². The van der Waals surface area contributed by atoms with Crippen LogP contribution in [-0.4, -0.2) is 52.7 Å². The summed E-state index contributed by atoms with van der Waals surface area (Å²) in [5.41, 5.74) is 4.01. The van der Waals surface area contributed by atoms with Crippen molar-refractivity contribution in [2.45, 2.75) is 52.0 Å². The van der Waals surface area contributed by atoms with E-state index in [9.17, 15) is 4.79 Å². The Kier molecular flexibility index (Phi) is 5.27. The number of piperidine rings is 1. The van der Waals surface area contributed by atoms with Gasteiger partial charge in [-0.15, -0.1) is 0 Å². The van der Waals surface area contributed by atoms with Gasteiger partial charge in [0.2, 0.25) is 0 Å². The Morgan fingerprint density at radius 1 is 1.15 bits per heavy atom. The minimum absolute atomic E-state index is 0.0168. The zero-order valence-electron chi connectivity index (χ0n) is 16.1. The van der Waals surface area contributed by atoms with Crippen LogP contribution in [0.15, 0.2) is 30.3 Å². The Labute approximate surface area is 160 Å². The Bertz CT molecular complexity index is 794. The molecular weight excluding hydrogens is 342 g/mol. The number of aromatic nitrogens is 2. The first-order valence-electron chi connectivity index (χ1n) is 9.76. The molecule has 2 fully saturated rings. The number of amides is 1. The molecule has 0 aliphatic carbocycles. The lowest BCUT2D eigenvalue weighted by atomic mass is 10.00. The van der Waals surface area contributed by atoms with Crippen molar-refractivity contribution in [1.82, 2.24) is 14.7 Å². The highest BCUT2D eigenvalue weighted by Gasteiger charge is 2.36. The number of ether oxygens (including phenoxy) is 2. The quantitative estimate of drug-likeness (QED) is 0.832. The Hall–Kier alpha value is -2.18. The second kappa shape index (κ2) is 7.82. The molecule has 1 aromatic carbocycles. The van der Waals surface area contributed by atoms with Gasteiger partial charge in [0.25, 0.3) is 5.91 Å². The molecule has 0 saturated carbocycles. The molecule has 2 saturated heterocycles. The summed E-state index contributed by atoms with van der Waals surface area (Å²) in [5.74, 6) is 0.0662. The van der Waals surface area contributed by atoms with Gasteiger partial charge in [-0.3, -0.25) is 9.48 Å². The van der Waals surface area contributed by atoms with Crippen LogP contribution in [0.25, 0.3) is 0 Å². The van der Waals surface area contributed by atoms with Crippen LogP contribution in [0.2, 0.25) is 0 Å². The fourth-order valence-corrected chi connectivity index (χ4v) is 4.02. The molecule has 1 unspecified atom stereocenters. The van der Waals surface area contributed by atoms with Crippen molar-refractivity contribution in [1.29, 1.82) is 0 Å². The molecule has 4 rings (SSSR count). The van der Waals surface area contributed by atoms with Crippen LogP contribution in [0.5, 0.6) is 0 Å². The smallest absolute Gasteiger partial charge is 0.254 e. The third-order valence-electron chi connectivity index (χ3n) is 5.41. The zero-order valence-corrected chi connectivity index (χ0v) is 16.1. The predicted octanol–water partition coefficient (Wildman–Crippen LogP) is 2.92. The van der Waals surface area contributed by atoms with Crippen LogP contribution in [0.1, 0.15) is 46.6 Å². The highest BCUT2D eigenvalue weighted by atomic mass is 16.7. The van der Waals surface area contributed by atoms with Gasteiger partial charge in [0.1, 0.15) is 0 Å². The van der Waals surface area contributed by atoms with E-state index in [2.05, 4.69) is 18.1 Å². The van der Waals surface area contributed by atoms with Gasteiger partial charge in [0.05, 0.1) is 31.5 Å². The Morgan fingerprint density at radius 3 is 2.56 bits per heavy atom. The van der Waals surface area contributed by atoms with E-state index >= 15 is 0 Å². The molecule has 1 aromatic heterocycles. The summed E-state index contributed by atoms with van der Waals surface area (Å²) in [6.07, 6.45) is 2.80.